The van der Waals surface area contributed by atoms with E-state index >= 15 is 0 Å². The van der Waals surface area contributed by atoms with Crippen molar-refractivity contribution in [3.8, 4) is 11.1 Å². The van der Waals surface area contributed by atoms with E-state index < -0.39 is 0 Å². The minimum absolute atomic E-state index is 0.138. The summed E-state index contributed by atoms with van der Waals surface area (Å²) < 4.78 is 0. The molecule has 1 N–H and O–H groups in total. The Morgan fingerprint density at radius 2 is 1.52 bits per heavy atom. The average molecular weight is 413 g/mol. The minimum Gasteiger partial charge on any atom is -0.352 e. The number of benzene rings is 2. The Hall–Kier alpha value is -3.05. The molecule has 2 aromatic carbocycles. The number of hydrogen-bond donors (Lipinski definition) is 1. The van der Waals surface area contributed by atoms with E-state index in [1.54, 1.807) is 6.33 Å². The van der Waals surface area contributed by atoms with E-state index in [1.807, 2.05) is 30.6 Å². The number of likely N-dealkylation sites (tertiary alicyclic amines) is 1. The van der Waals surface area contributed by atoms with Crippen LogP contribution in [0.2, 0.25) is 0 Å². The maximum atomic E-state index is 12.8. The van der Waals surface area contributed by atoms with Gasteiger partial charge in [-0.1, -0.05) is 54.6 Å². The summed E-state index contributed by atoms with van der Waals surface area (Å²) in [5, 5.41) is 3.37. The molecule has 5 nitrogen and oxygen atoms in total. The van der Waals surface area contributed by atoms with E-state index in [4.69, 9.17) is 0 Å². The van der Waals surface area contributed by atoms with Gasteiger partial charge in [-0.15, -0.1) is 0 Å². The van der Waals surface area contributed by atoms with Crippen LogP contribution in [0.5, 0.6) is 0 Å². The molecule has 2 aliphatic rings. The maximum Gasteiger partial charge on any atom is 0.224 e. The summed E-state index contributed by atoms with van der Waals surface area (Å²) in [6.45, 7) is 2.95. The molecule has 2 heterocycles. The number of nitrogens with zero attached hydrogens (tertiary/aromatic N) is 3. The predicted octanol–water partition coefficient (Wildman–Crippen LogP) is 3.71. The lowest BCUT2D eigenvalue weighted by Gasteiger charge is -2.38. The number of nitrogens with one attached hydrogen (secondary N) is 1. The summed E-state index contributed by atoms with van der Waals surface area (Å²) in [5.41, 5.74) is 4.59. The van der Waals surface area contributed by atoms with Crippen molar-refractivity contribution in [3.05, 3.63) is 84.4 Å². The molecule has 1 aromatic heterocycles. The molecule has 5 rings (SSSR count). The number of piperidine rings is 1. The van der Waals surface area contributed by atoms with Crippen molar-refractivity contribution < 1.29 is 4.79 Å². The highest BCUT2D eigenvalue weighted by Gasteiger charge is 2.42. The highest BCUT2D eigenvalue weighted by molar-refractivity contribution is 5.79. The summed E-state index contributed by atoms with van der Waals surface area (Å²) in [7, 11) is 0. The first-order chi connectivity index (χ1) is 15.2. The summed E-state index contributed by atoms with van der Waals surface area (Å²) >= 11 is 0. The second-order valence-corrected chi connectivity index (χ2v) is 8.87. The molecule has 2 fully saturated rings. The van der Waals surface area contributed by atoms with Crippen LogP contribution in [-0.2, 0) is 17.8 Å². The van der Waals surface area contributed by atoms with Crippen molar-refractivity contribution in [1.82, 2.24) is 20.2 Å². The molecule has 1 amide bonds. The maximum absolute atomic E-state index is 12.8. The summed E-state index contributed by atoms with van der Waals surface area (Å²) in [5.74, 6) is 1.21. The predicted molar refractivity (Wildman–Crippen MR) is 121 cm³/mol. The Morgan fingerprint density at radius 3 is 2.19 bits per heavy atom. The quantitative estimate of drug-likeness (QED) is 0.671. The molecule has 3 aromatic rings. The van der Waals surface area contributed by atoms with Crippen LogP contribution in [0.3, 0.4) is 0 Å². The van der Waals surface area contributed by atoms with Gasteiger partial charge in [0.25, 0.3) is 0 Å². The number of amides is 1. The van der Waals surface area contributed by atoms with Crippen LogP contribution in [0, 0.1) is 11.8 Å². The molecule has 1 saturated carbocycles. The van der Waals surface area contributed by atoms with Gasteiger partial charge in [-0.05, 0) is 41.4 Å². The highest BCUT2D eigenvalue weighted by Crippen LogP contribution is 2.37. The van der Waals surface area contributed by atoms with Crippen molar-refractivity contribution in [3.63, 3.8) is 0 Å². The van der Waals surface area contributed by atoms with Crippen LogP contribution < -0.4 is 5.32 Å². The van der Waals surface area contributed by atoms with Gasteiger partial charge in [0.1, 0.15) is 6.33 Å². The van der Waals surface area contributed by atoms with Gasteiger partial charge in [0, 0.05) is 43.6 Å². The van der Waals surface area contributed by atoms with Crippen molar-refractivity contribution in [2.75, 3.05) is 13.1 Å². The van der Waals surface area contributed by atoms with Gasteiger partial charge in [-0.2, -0.15) is 0 Å². The van der Waals surface area contributed by atoms with Crippen LogP contribution >= 0.6 is 0 Å². The van der Waals surface area contributed by atoms with Crippen LogP contribution in [-0.4, -0.2) is 39.9 Å². The Balaban J connectivity index is 1.16. The molecule has 1 aliphatic carbocycles. The average Bonchev–Trinajstić information content (AvgIpc) is 3.03. The molecule has 1 aliphatic heterocycles. The lowest BCUT2D eigenvalue weighted by atomic mass is 9.91. The van der Waals surface area contributed by atoms with E-state index in [0.29, 0.717) is 24.3 Å². The van der Waals surface area contributed by atoms with Gasteiger partial charge < -0.3 is 5.32 Å². The van der Waals surface area contributed by atoms with E-state index in [0.717, 1.165) is 30.8 Å². The van der Waals surface area contributed by atoms with Gasteiger partial charge in [-0.25, -0.2) is 9.97 Å². The topological polar surface area (TPSA) is 58.1 Å². The van der Waals surface area contributed by atoms with Crippen LogP contribution in [0.15, 0.2) is 73.3 Å². The van der Waals surface area contributed by atoms with Crippen molar-refractivity contribution in [2.45, 2.75) is 31.8 Å². The fraction of sp³-hybridized carbons (Fsp3) is 0.346. The minimum atomic E-state index is 0.138. The van der Waals surface area contributed by atoms with Gasteiger partial charge in [0.2, 0.25) is 5.91 Å². The Labute approximate surface area is 183 Å². The molecular weight excluding hydrogens is 384 g/mol. The number of rotatable bonds is 6. The highest BCUT2D eigenvalue weighted by atomic mass is 16.1. The zero-order chi connectivity index (χ0) is 21.0. The van der Waals surface area contributed by atoms with E-state index in [2.05, 4.69) is 56.6 Å². The first-order valence-corrected chi connectivity index (χ1v) is 11.1. The molecule has 158 valence electrons. The fourth-order valence-electron chi connectivity index (χ4n) is 5.22. The molecule has 3 atom stereocenters. The van der Waals surface area contributed by atoms with Gasteiger partial charge in [-0.3, -0.25) is 9.69 Å². The van der Waals surface area contributed by atoms with Crippen LogP contribution in [0.4, 0.5) is 0 Å². The molecule has 1 saturated heterocycles. The monoisotopic (exact) mass is 412 g/mol. The first-order valence-electron chi connectivity index (χ1n) is 11.1. The summed E-state index contributed by atoms with van der Waals surface area (Å²) in [6.07, 6.45) is 8.20. The normalized spacial score (nSPS) is 22.9. The molecule has 5 heteroatoms. The largest absolute Gasteiger partial charge is 0.352 e. The lowest BCUT2D eigenvalue weighted by molar-refractivity contribution is -0.122. The molecule has 31 heavy (non-hydrogen) atoms. The van der Waals surface area contributed by atoms with Gasteiger partial charge in [0.15, 0.2) is 0 Å². The smallest absolute Gasteiger partial charge is 0.224 e. The zero-order valence-electron chi connectivity index (χ0n) is 17.7. The third kappa shape index (κ3) is 4.67. The Bertz CT molecular complexity index is 993. The number of hydrogen-bond acceptors (Lipinski definition) is 4. The van der Waals surface area contributed by atoms with Crippen molar-refractivity contribution >= 4 is 5.91 Å². The number of fused-ring (bicyclic) bond motifs is 2. The Morgan fingerprint density at radius 1 is 0.871 bits per heavy atom. The van der Waals surface area contributed by atoms with Crippen LogP contribution in [0.25, 0.3) is 11.1 Å². The van der Waals surface area contributed by atoms with Gasteiger partial charge in [0.05, 0.1) is 6.42 Å². The third-order valence-corrected chi connectivity index (χ3v) is 6.68. The molecular formula is C26H28N4O. The van der Waals surface area contributed by atoms with Gasteiger partial charge >= 0.3 is 0 Å². The molecule has 0 radical (unpaired) electrons. The molecule has 2 bridgehead atoms. The lowest BCUT2D eigenvalue weighted by Crippen LogP contribution is -2.52. The van der Waals surface area contributed by atoms with E-state index in [9.17, 15) is 4.79 Å². The molecule has 0 spiro atoms. The number of carbonyl (C=O) groups excluding carboxylic acids is 1. The van der Waals surface area contributed by atoms with Crippen LogP contribution in [0.1, 0.15) is 24.0 Å². The van der Waals surface area contributed by atoms with Crippen molar-refractivity contribution in [2.24, 2.45) is 11.8 Å². The Kier molecular flexibility index (Phi) is 5.76. The third-order valence-electron chi connectivity index (χ3n) is 6.68. The van der Waals surface area contributed by atoms with E-state index in [-0.39, 0.29) is 5.91 Å². The first kappa shape index (κ1) is 19.9. The summed E-state index contributed by atoms with van der Waals surface area (Å²) in [4.78, 5) is 23.5. The molecule has 1 unspecified atom stereocenters. The van der Waals surface area contributed by atoms with E-state index in [1.165, 1.54) is 24.0 Å². The second-order valence-electron chi connectivity index (χ2n) is 8.87. The number of carbonyl (C=O) groups is 1. The second kappa shape index (κ2) is 8.98. The zero-order valence-corrected chi connectivity index (χ0v) is 17.7. The standard InChI is InChI=1S/C26H28N4O/c31-25(12-19-6-8-22(9-7-19)21-4-2-1-3-5-21)29-26-23-10-11-24(26)17-30(16-23)15-20-13-27-18-28-14-20/h1-9,13-14,18,23-24,26H,10-12,15-17H2,(H,29,31)/t23-,24+,26?. The summed E-state index contributed by atoms with van der Waals surface area (Å²) in [6, 6.07) is 19.0. The SMILES string of the molecule is O=C(Cc1ccc(-c2ccccc2)cc1)NC1[C@@H]2CC[C@H]1CN(Cc1cncnc1)C2. The number of aromatic nitrogens is 2. The fourth-order valence-corrected chi connectivity index (χ4v) is 5.22. The van der Waals surface area contributed by atoms with Crippen molar-refractivity contribution in [1.29, 1.82) is 0 Å².